The maximum absolute atomic E-state index is 13.0. The molecule has 3 rings (SSSR count). The quantitative estimate of drug-likeness (QED) is 0.500. The first kappa shape index (κ1) is 22.7. The molecule has 0 fully saturated rings. The van der Waals surface area contributed by atoms with Gasteiger partial charge in [0.25, 0.3) is 11.8 Å². The summed E-state index contributed by atoms with van der Waals surface area (Å²) in [6, 6.07) is 18.2. The molecule has 0 saturated carbocycles. The number of hydrogen-bond acceptors (Lipinski definition) is 4. The summed E-state index contributed by atoms with van der Waals surface area (Å²) in [5, 5.41) is 8.50. The van der Waals surface area contributed by atoms with Gasteiger partial charge < -0.3 is 16.0 Å². The zero-order valence-corrected chi connectivity index (χ0v) is 18.0. The van der Waals surface area contributed by atoms with Crippen LogP contribution in [0, 0.1) is 5.92 Å². The minimum Gasteiger partial charge on any atom is -0.340 e. The van der Waals surface area contributed by atoms with E-state index in [2.05, 4.69) is 20.9 Å². The average Bonchev–Trinajstić information content (AvgIpc) is 2.83. The third-order valence-corrected chi connectivity index (χ3v) is 5.15. The van der Waals surface area contributed by atoms with Gasteiger partial charge in [-0.05, 0) is 48.4 Å². The molecule has 3 aromatic rings. The Morgan fingerprint density at radius 1 is 0.812 bits per heavy atom. The lowest BCUT2D eigenvalue weighted by molar-refractivity contribution is -0.119. The van der Waals surface area contributed by atoms with E-state index in [4.69, 9.17) is 0 Å². The highest BCUT2D eigenvalue weighted by molar-refractivity contribution is 6.05. The number of carbonyl (C=O) groups excluding carboxylic acids is 3. The third kappa shape index (κ3) is 6.01. The van der Waals surface area contributed by atoms with Crippen molar-refractivity contribution >= 4 is 29.1 Å². The Hall–Kier alpha value is -4.00. The van der Waals surface area contributed by atoms with E-state index in [1.807, 2.05) is 19.9 Å². The zero-order valence-electron chi connectivity index (χ0n) is 18.0. The van der Waals surface area contributed by atoms with Crippen LogP contribution in [0.1, 0.15) is 41.0 Å². The van der Waals surface area contributed by atoms with Gasteiger partial charge >= 0.3 is 0 Å². The minimum atomic E-state index is -0.706. The monoisotopic (exact) mass is 430 g/mol. The van der Waals surface area contributed by atoms with Gasteiger partial charge in [-0.15, -0.1) is 0 Å². The van der Waals surface area contributed by atoms with Crippen molar-refractivity contribution < 1.29 is 14.4 Å². The van der Waals surface area contributed by atoms with E-state index in [9.17, 15) is 14.4 Å². The number of pyridine rings is 1. The molecule has 2 atom stereocenters. The van der Waals surface area contributed by atoms with Gasteiger partial charge in [0.05, 0.1) is 0 Å². The van der Waals surface area contributed by atoms with E-state index in [-0.39, 0.29) is 23.6 Å². The molecular weight excluding hydrogens is 404 g/mol. The van der Waals surface area contributed by atoms with Gasteiger partial charge in [0.15, 0.2) is 0 Å². The van der Waals surface area contributed by atoms with Crippen LogP contribution >= 0.6 is 0 Å². The fourth-order valence-electron chi connectivity index (χ4n) is 3.12. The van der Waals surface area contributed by atoms with E-state index >= 15 is 0 Å². The number of nitrogens with one attached hydrogen (secondary N) is 3. The molecule has 0 spiro atoms. The summed E-state index contributed by atoms with van der Waals surface area (Å²) in [5.41, 5.74) is 2.03. The van der Waals surface area contributed by atoms with Crippen LogP contribution < -0.4 is 16.0 Å². The highest BCUT2D eigenvalue weighted by Crippen LogP contribution is 2.18. The van der Waals surface area contributed by atoms with E-state index < -0.39 is 6.04 Å². The van der Waals surface area contributed by atoms with Gasteiger partial charge in [0.1, 0.15) is 6.04 Å². The molecule has 7 heteroatoms. The summed E-state index contributed by atoms with van der Waals surface area (Å²) < 4.78 is 0. The molecule has 2 aromatic carbocycles. The lowest BCUT2D eigenvalue weighted by Crippen LogP contribution is -2.47. The van der Waals surface area contributed by atoms with Crippen LogP contribution in [0.15, 0.2) is 79.1 Å². The molecule has 0 saturated heterocycles. The minimum absolute atomic E-state index is 0.0720. The van der Waals surface area contributed by atoms with Crippen LogP contribution in [-0.4, -0.2) is 28.7 Å². The smallest absolute Gasteiger partial charge is 0.255 e. The van der Waals surface area contributed by atoms with Crippen molar-refractivity contribution in [1.82, 2.24) is 10.3 Å². The topological polar surface area (TPSA) is 100 Å². The zero-order chi connectivity index (χ0) is 22.9. The van der Waals surface area contributed by atoms with Gasteiger partial charge in [-0.3, -0.25) is 19.4 Å². The van der Waals surface area contributed by atoms with Crippen molar-refractivity contribution in [2.24, 2.45) is 5.92 Å². The number of hydrogen-bond donors (Lipinski definition) is 3. The predicted molar refractivity (Wildman–Crippen MR) is 124 cm³/mol. The Balaban J connectivity index is 1.70. The predicted octanol–water partition coefficient (Wildman–Crippen LogP) is 4.12. The number of rotatable bonds is 8. The van der Waals surface area contributed by atoms with Crippen LogP contribution in [0.4, 0.5) is 11.4 Å². The molecule has 3 amide bonds. The number of amides is 3. The summed E-state index contributed by atoms with van der Waals surface area (Å²) in [6.45, 7) is 3.88. The highest BCUT2D eigenvalue weighted by Gasteiger charge is 2.26. The van der Waals surface area contributed by atoms with Crippen molar-refractivity contribution in [3.05, 3.63) is 90.3 Å². The summed E-state index contributed by atoms with van der Waals surface area (Å²) in [5.74, 6) is -0.966. The molecule has 7 nitrogen and oxygen atoms in total. The molecule has 32 heavy (non-hydrogen) atoms. The Bertz CT molecular complexity index is 1070. The van der Waals surface area contributed by atoms with E-state index in [1.165, 1.54) is 0 Å². The first-order valence-electron chi connectivity index (χ1n) is 10.5. The fraction of sp³-hybridized carbons (Fsp3) is 0.200. The molecule has 0 aliphatic heterocycles. The van der Waals surface area contributed by atoms with Crippen molar-refractivity contribution in [3.63, 3.8) is 0 Å². The normalized spacial score (nSPS) is 12.3. The summed E-state index contributed by atoms with van der Waals surface area (Å²) in [6.07, 6.45) is 3.81. The molecule has 1 heterocycles. The van der Waals surface area contributed by atoms with Crippen molar-refractivity contribution in [1.29, 1.82) is 0 Å². The standard InChI is InChI=1S/C25H26N4O3/c1-3-17(2)22(29-24(31)18-8-5-4-6-9-18)25(32)28-21-11-7-10-20(16-21)27-23(30)19-12-14-26-15-13-19/h4-17,22H,3H2,1-2H3,(H,27,30)(H,28,32)(H,29,31). The number of anilines is 2. The van der Waals surface area contributed by atoms with Gasteiger partial charge in [-0.25, -0.2) is 0 Å². The highest BCUT2D eigenvalue weighted by atomic mass is 16.2. The Kier molecular flexibility index (Phi) is 7.70. The van der Waals surface area contributed by atoms with Crippen LogP contribution in [0.25, 0.3) is 0 Å². The molecule has 164 valence electrons. The summed E-state index contributed by atoms with van der Waals surface area (Å²) >= 11 is 0. The fourth-order valence-corrected chi connectivity index (χ4v) is 3.12. The second-order valence-electron chi connectivity index (χ2n) is 7.46. The maximum atomic E-state index is 13.0. The van der Waals surface area contributed by atoms with Gasteiger partial charge in [-0.1, -0.05) is 44.5 Å². The van der Waals surface area contributed by atoms with Gasteiger partial charge in [0, 0.05) is 34.9 Å². The molecule has 3 N–H and O–H groups in total. The second-order valence-corrected chi connectivity index (χ2v) is 7.46. The largest absolute Gasteiger partial charge is 0.340 e. The van der Waals surface area contributed by atoms with E-state index in [0.717, 1.165) is 6.42 Å². The third-order valence-electron chi connectivity index (χ3n) is 5.15. The van der Waals surface area contributed by atoms with E-state index in [1.54, 1.807) is 73.1 Å². The van der Waals surface area contributed by atoms with Crippen LogP contribution in [0.2, 0.25) is 0 Å². The van der Waals surface area contributed by atoms with Crippen molar-refractivity contribution in [2.45, 2.75) is 26.3 Å². The lowest BCUT2D eigenvalue weighted by Gasteiger charge is -2.23. The van der Waals surface area contributed by atoms with Crippen LogP contribution in [0.5, 0.6) is 0 Å². The van der Waals surface area contributed by atoms with Gasteiger partial charge in [0.2, 0.25) is 5.91 Å². The Labute approximate surface area is 187 Å². The first-order valence-corrected chi connectivity index (χ1v) is 10.5. The van der Waals surface area contributed by atoms with Crippen molar-refractivity contribution in [3.8, 4) is 0 Å². The number of benzene rings is 2. The lowest BCUT2D eigenvalue weighted by atomic mass is 9.97. The molecule has 0 aliphatic carbocycles. The van der Waals surface area contributed by atoms with E-state index in [0.29, 0.717) is 22.5 Å². The molecular formula is C25H26N4O3. The Morgan fingerprint density at radius 2 is 1.44 bits per heavy atom. The SMILES string of the molecule is CCC(C)C(NC(=O)c1ccccc1)C(=O)Nc1cccc(NC(=O)c2ccncc2)c1. The van der Waals surface area contributed by atoms with Crippen LogP contribution in [0.3, 0.4) is 0 Å². The van der Waals surface area contributed by atoms with Gasteiger partial charge in [-0.2, -0.15) is 0 Å². The molecule has 1 aromatic heterocycles. The molecule has 0 bridgehead atoms. The Morgan fingerprint density at radius 3 is 2.09 bits per heavy atom. The number of nitrogens with zero attached hydrogens (tertiary/aromatic N) is 1. The summed E-state index contributed by atoms with van der Waals surface area (Å²) in [7, 11) is 0. The number of aromatic nitrogens is 1. The number of carbonyl (C=O) groups is 3. The van der Waals surface area contributed by atoms with Crippen LogP contribution in [-0.2, 0) is 4.79 Å². The molecule has 0 radical (unpaired) electrons. The molecule has 0 aliphatic rings. The summed E-state index contributed by atoms with van der Waals surface area (Å²) in [4.78, 5) is 41.9. The van der Waals surface area contributed by atoms with Crippen molar-refractivity contribution in [2.75, 3.05) is 10.6 Å². The first-order chi connectivity index (χ1) is 15.5. The molecule has 2 unspecified atom stereocenters. The maximum Gasteiger partial charge on any atom is 0.255 e. The average molecular weight is 431 g/mol. The second kappa shape index (κ2) is 10.9.